The molecule has 0 amide bonds. The molecule has 102 valence electrons. The van der Waals surface area contributed by atoms with E-state index in [1.54, 1.807) is 6.92 Å². The van der Waals surface area contributed by atoms with Gasteiger partial charge in [0, 0.05) is 12.3 Å². The lowest BCUT2D eigenvalue weighted by Crippen LogP contribution is -2.20. The predicted molar refractivity (Wildman–Crippen MR) is 69.7 cm³/mol. The molecule has 0 radical (unpaired) electrons. The summed E-state index contributed by atoms with van der Waals surface area (Å²) in [6, 6.07) is 0. The van der Waals surface area contributed by atoms with E-state index in [2.05, 4.69) is 0 Å². The van der Waals surface area contributed by atoms with Gasteiger partial charge in [0.25, 0.3) is 0 Å². The highest BCUT2D eigenvalue weighted by Gasteiger charge is 2.27. The monoisotopic (exact) mass is 264 g/mol. The highest BCUT2D eigenvalue weighted by molar-refractivity contribution is 7.59. The summed E-state index contributed by atoms with van der Waals surface area (Å²) >= 11 is 0. The van der Waals surface area contributed by atoms with Gasteiger partial charge in [-0.15, -0.1) is 0 Å². The number of hydrogen-bond donors (Lipinski definition) is 0. The standard InChI is InChI=1S/C12H25O4P/c1-5-8-15-12(13)11(4)10-17(14,7-3)16-9-6-2/h11H,5-10H2,1-4H3. The van der Waals surface area contributed by atoms with E-state index in [4.69, 9.17) is 9.26 Å². The molecule has 2 atom stereocenters. The van der Waals surface area contributed by atoms with Crippen LogP contribution in [0.3, 0.4) is 0 Å². The Bertz CT molecular complexity index is 265. The van der Waals surface area contributed by atoms with Crippen molar-refractivity contribution in [1.29, 1.82) is 0 Å². The molecule has 0 bridgehead atoms. The van der Waals surface area contributed by atoms with Crippen molar-refractivity contribution in [3.63, 3.8) is 0 Å². The summed E-state index contributed by atoms with van der Waals surface area (Å²) in [6.45, 7) is 8.41. The molecule has 0 aromatic heterocycles. The fourth-order valence-corrected chi connectivity index (χ4v) is 3.41. The molecule has 2 unspecified atom stereocenters. The molecule has 0 aliphatic rings. The smallest absolute Gasteiger partial charge is 0.309 e. The third-order valence-electron chi connectivity index (χ3n) is 2.42. The third kappa shape index (κ3) is 6.85. The molecule has 0 saturated carbocycles. The van der Waals surface area contributed by atoms with E-state index in [-0.39, 0.29) is 18.0 Å². The second kappa shape index (κ2) is 8.71. The zero-order chi connectivity index (χ0) is 13.3. The van der Waals surface area contributed by atoms with Gasteiger partial charge in [-0.2, -0.15) is 0 Å². The fraction of sp³-hybridized carbons (Fsp3) is 0.917. The summed E-state index contributed by atoms with van der Waals surface area (Å²) in [5, 5.41) is 0. The maximum Gasteiger partial charge on any atom is 0.309 e. The van der Waals surface area contributed by atoms with E-state index in [0.717, 1.165) is 12.8 Å². The van der Waals surface area contributed by atoms with Crippen molar-refractivity contribution in [2.45, 2.75) is 40.5 Å². The first-order valence-corrected chi connectivity index (χ1v) is 8.37. The van der Waals surface area contributed by atoms with Crippen molar-refractivity contribution in [3.8, 4) is 0 Å². The quantitative estimate of drug-likeness (QED) is 0.473. The number of rotatable bonds is 9. The average Bonchev–Trinajstić information content (AvgIpc) is 2.33. The van der Waals surface area contributed by atoms with E-state index in [1.165, 1.54) is 0 Å². The summed E-state index contributed by atoms with van der Waals surface area (Å²) in [6.07, 6.45) is 2.39. The topological polar surface area (TPSA) is 52.6 Å². The van der Waals surface area contributed by atoms with Crippen LogP contribution in [-0.2, 0) is 18.6 Å². The van der Waals surface area contributed by atoms with Crippen LogP contribution in [0.15, 0.2) is 0 Å². The maximum atomic E-state index is 12.3. The molecule has 0 aromatic carbocycles. The van der Waals surface area contributed by atoms with Crippen molar-refractivity contribution in [3.05, 3.63) is 0 Å². The minimum Gasteiger partial charge on any atom is -0.465 e. The molecular weight excluding hydrogens is 239 g/mol. The molecule has 0 saturated heterocycles. The minimum atomic E-state index is -2.66. The fourth-order valence-electron chi connectivity index (χ4n) is 1.37. The Morgan fingerprint density at radius 3 is 2.24 bits per heavy atom. The molecule has 5 heteroatoms. The van der Waals surface area contributed by atoms with Gasteiger partial charge in [-0.1, -0.05) is 27.7 Å². The first-order valence-electron chi connectivity index (χ1n) is 6.38. The van der Waals surface area contributed by atoms with Gasteiger partial charge in [0.15, 0.2) is 0 Å². The molecule has 0 spiro atoms. The lowest BCUT2D eigenvalue weighted by atomic mass is 10.2. The zero-order valence-electron chi connectivity index (χ0n) is 11.4. The third-order valence-corrected chi connectivity index (χ3v) is 5.14. The van der Waals surface area contributed by atoms with Crippen LogP contribution in [0.5, 0.6) is 0 Å². The van der Waals surface area contributed by atoms with Crippen molar-refractivity contribution < 1.29 is 18.6 Å². The molecule has 0 rings (SSSR count). The molecule has 0 aliphatic carbocycles. The van der Waals surface area contributed by atoms with Crippen LogP contribution >= 0.6 is 7.37 Å². The zero-order valence-corrected chi connectivity index (χ0v) is 12.3. The highest BCUT2D eigenvalue weighted by Crippen LogP contribution is 2.48. The minimum absolute atomic E-state index is 0.277. The lowest BCUT2D eigenvalue weighted by molar-refractivity contribution is -0.147. The SMILES string of the molecule is CCCOC(=O)C(C)CP(=O)(CC)OCCC. The van der Waals surface area contributed by atoms with Crippen molar-refractivity contribution in [2.75, 3.05) is 25.5 Å². The molecule has 4 nitrogen and oxygen atoms in total. The van der Waals surface area contributed by atoms with Crippen LogP contribution in [0.25, 0.3) is 0 Å². The summed E-state index contributed by atoms with van der Waals surface area (Å²) in [7, 11) is -2.66. The van der Waals surface area contributed by atoms with E-state index in [1.807, 2.05) is 20.8 Å². The Hall–Kier alpha value is -0.340. The van der Waals surface area contributed by atoms with Gasteiger partial charge in [0.2, 0.25) is 7.37 Å². The first kappa shape index (κ1) is 16.7. The second-order valence-corrected chi connectivity index (χ2v) is 7.10. The molecular formula is C12H25O4P. The molecule has 0 heterocycles. The van der Waals surface area contributed by atoms with Gasteiger partial charge in [-0.05, 0) is 12.8 Å². The van der Waals surface area contributed by atoms with E-state index < -0.39 is 7.37 Å². The molecule has 17 heavy (non-hydrogen) atoms. The average molecular weight is 264 g/mol. The van der Waals surface area contributed by atoms with Crippen LogP contribution in [0, 0.1) is 5.92 Å². The van der Waals surface area contributed by atoms with E-state index >= 15 is 0 Å². The summed E-state index contributed by atoms with van der Waals surface area (Å²) in [5.41, 5.74) is 0. The van der Waals surface area contributed by atoms with Gasteiger partial charge in [-0.3, -0.25) is 9.36 Å². The predicted octanol–water partition coefficient (Wildman–Crippen LogP) is 3.30. The van der Waals surface area contributed by atoms with Gasteiger partial charge in [-0.25, -0.2) is 0 Å². The first-order chi connectivity index (χ1) is 7.99. The van der Waals surface area contributed by atoms with Crippen LogP contribution in [0.4, 0.5) is 0 Å². The lowest BCUT2D eigenvalue weighted by Gasteiger charge is -2.19. The summed E-state index contributed by atoms with van der Waals surface area (Å²) < 4.78 is 22.7. The van der Waals surface area contributed by atoms with Crippen LogP contribution in [-0.4, -0.2) is 31.5 Å². The summed E-state index contributed by atoms with van der Waals surface area (Å²) in [5.74, 6) is -0.634. The van der Waals surface area contributed by atoms with E-state index in [0.29, 0.717) is 19.4 Å². The van der Waals surface area contributed by atoms with Gasteiger partial charge in [0.1, 0.15) is 0 Å². The van der Waals surface area contributed by atoms with Gasteiger partial charge < -0.3 is 9.26 Å². The van der Waals surface area contributed by atoms with Crippen molar-refractivity contribution in [1.82, 2.24) is 0 Å². The Kier molecular flexibility index (Phi) is 8.53. The number of hydrogen-bond acceptors (Lipinski definition) is 4. The van der Waals surface area contributed by atoms with Crippen LogP contribution in [0.1, 0.15) is 40.5 Å². The highest BCUT2D eigenvalue weighted by atomic mass is 31.2. The second-order valence-electron chi connectivity index (χ2n) is 4.22. The number of carbonyl (C=O) groups excluding carboxylic acids is 1. The van der Waals surface area contributed by atoms with Crippen molar-refractivity contribution >= 4 is 13.3 Å². The summed E-state index contributed by atoms with van der Waals surface area (Å²) in [4.78, 5) is 11.6. The van der Waals surface area contributed by atoms with Crippen LogP contribution in [0.2, 0.25) is 0 Å². The Balaban J connectivity index is 4.26. The normalized spacial score (nSPS) is 16.2. The van der Waals surface area contributed by atoms with Gasteiger partial charge >= 0.3 is 5.97 Å². The molecule has 0 aliphatic heterocycles. The number of esters is 1. The van der Waals surface area contributed by atoms with E-state index in [9.17, 15) is 9.36 Å². The molecule has 0 aromatic rings. The van der Waals surface area contributed by atoms with Crippen molar-refractivity contribution in [2.24, 2.45) is 5.92 Å². The number of carbonyl (C=O) groups is 1. The van der Waals surface area contributed by atoms with Crippen LogP contribution < -0.4 is 0 Å². The molecule has 0 fully saturated rings. The number of ether oxygens (including phenoxy) is 1. The Morgan fingerprint density at radius 2 is 1.76 bits per heavy atom. The Morgan fingerprint density at radius 1 is 1.18 bits per heavy atom. The maximum absolute atomic E-state index is 12.3. The van der Waals surface area contributed by atoms with Gasteiger partial charge in [0.05, 0.1) is 19.1 Å². The Labute approximate surface area is 105 Å². The molecule has 0 N–H and O–H groups in total. The largest absolute Gasteiger partial charge is 0.465 e.